The van der Waals surface area contributed by atoms with E-state index in [9.17, 15) is 13.6 Å². The Balaban J connectivity index is 1.47. The molecule has 4 rings (SSSR count). The van der Waals surface area contributed by atoms with Crippen molar-refractivity contribution in [2.24, 2.45) is 0 Å². The first-order valence-corrected chi connectivity index (χ1v) is 7.14. The van der Waals surface area contributed by atoms with Crippen LogP contribution >= 0.6 is 0 Å². The topological polar surface area (TPSA) is 60.5 Å². The normalized spacial score (nSPS) is 20.2. The van der Waals surface area contributed by atoms with Crippen LogP contribution in [0.2, 0.25) is 0 Å². The number of amides is 1. The van der Waals surface area contributed by atoms with Crippen molar-refractivity contribution >= 4 is 5.91 Å². The van der Waals surface area contributed by atoms with Gasteiger partial charge in [0.25, 0.3) is 5.91 Å². The fourth-order valence-electron chi connectivity index (χ4n) is 2.87. The summed E-state index contributed by atoms with van der Waals surface area (Å²) in [6, 6.07) is 7.78. The van der Waals surface area contributed by atoms with Crippen LogP contribution in [0.3, 0.4) is 0 Å². The third-order valence-corrected chi connectivity index (χ3v) is 3.89. The molecule has 2 aliphatic rings. The lowest BCUT2D eigenvalue weighted by Crippen LogP contribution is -2.35. The number of aromatic nitrogens is 1. The number of alkyl halides is 2. The van der Waals surface area contributed by atoms with E-state index in [0.717, 1.165) is 11.3 Å². The molecule has 23 heavy (non-hydrogen) atoms. The van der Waals surface area contributed by atoms with Gasteiger partial charge in [-0.15, -0.1) is 8.78 Å². The molecule has 0 saturated carbocycles. The fourth-order valence-corrected chi connectivity index (χ4v) is 2.87. The summed E-state index contributed by atoms with van der Waals surface area (Å²) >= 11 is 0. The molecule has 2 aromatic rings. The van der Waals surface area contributed by atoms with Gasteiger partial charge in [-0.2, -0.15) is 0 Å². The smallest absolute Gasteiger partial charge is 0.395 e. The van der Waals surface area contributed by atoms with Crippen LogP contribution in [0, 0.1) is 0 Å². The molecule has 0 saturated heterocycles. The van der Waals surface area contributed by atoms with Crippen molar-refractivity contribution in [2.75, 3.05) is 0 Å². The standard InChI is InChI=1S/C16H12F2N2O3/c17-16(18)22-13-4-3-10(7-14(13)23-16)15(21)20-11-6-9-2-1-5-19-12(9)8-11/h1-5,7,11H,6,8H2,(H,20,21). The Morgan fingerprint density at radius 1 is 1.22 bits per heavy atom. The van der Waals surface area contributed by atoms with Gasteiger partial charge in [0.15, 0.2) is 11.5 Å². The number of pyridine rings is 1. The van der Waals surface area contributed by atoms with Gasteiger partial charge in [-0.05, 0) is 36.2 Å². The minimum absolute atomic E-state index is 0.0562. The molecule has 118 valence electrons. The highest BCUT2D eigenvalue weighted by Crippen LogP contribution is 2.41. The predicted molar refractivity (Wildman–Crippen MR) is 75.5 cm³/mol. The minimum atomic E-state index is -3.68. The van der Waals surface area contributed by atoms with Gasteiger partial charge >= 0.3 is 6.29 Å². The molecule has 0 spiro atoms. The molecule has 7 heteroatoms. The Kier molecular flexibility index (Phi) is 2.97. The number of benzene rings is 1. The van der Waals surface area contributed by atoms with Gasteiger partial charge in [0.1, 0.15) is 0 Å². The summed E-state index contributed by atoms with van der Waals surface area (Å²) in [6.45, 7) is 0. The molecule has 1 aromatic heterocycles. The van der Waals surface area contributed by atoms with Crippen LogP contribution in [-0.2, 0) is 12.8 Å². The first-order valence-electron chi connectivity index (χ1n) is 7.14. The molecule has 1 N–H and O–H groups in total. The van der Waals surface area contributed by atoms with Crippen LogP contribution in [0.5, 0.6) is 11.5 Å². The largest absolute Gasteiger partial charge is 0.586 e. The van der Waals surface area contributed by atoms with Crippen molar-refractivity contribution in [2.45, 2.75) is 25.2 Å². The van der Waals surface area contributed by atoms with Crippen molar-refractivity contribution in [3.05, 3.63) is 53.3 Å². The average molecular weight is 318 g/mol. The van der Waals surface area contributed by atoms with Crippen molar-refractivity contribution in [1.82, 2.24) is 10.3 Å². The van der Waals surface area contributed by atoms with Gasteiger partial charge in [0.2, 0.25) is 0 Å². The van der Waals surface area contributed by atoms with Gasteiger partial charge in [-0.3, -0.25) is 9.78 Å². The number of rotatable bonds is 2. The van der Waals surface area contributed by atoms with Crippen LogP contribution in [0.25, 0.3) is 0 Å². The molecular weight excluding hydrogens is 306 g/mol. The van der Waals surface area contributed by atoms with Gasteiger partial charge in [-0.25, -0.2) is 0 Å². The summed E-state index contributed by atoms with van der Waals surface area (Å²) in [5.74, 6) is -0.563. The molecule has 0 fully saturated rings. The first-order chi connectivity index (χ1) is 11.0. The Morgan fingerprint density at radius 2 is 2.04 bits per heavy atom. The SMILES string of the molecule is O=C(NC1Cc2cccnc2C1)c1ccc2c(c1)OC(F)(F)O2. The molecule has 2 heterocycles. The summed E-state index contributed by atoms with van der Waals surface area (Å²) < 4.78 is 34.7. The maximum atomic E-state index is 13.0. The Morgan fingerprint density at radius 3 is 2.87 bits per heavy atom. The molecule has 5 nitrogen and oxygen atoms in total. The number of ether oxygens (including phenoxy) is 2. The zero-order valence-corrected chi connectivity index (χ0v) is 11.9. The van der Waals surface area contributed by atoms with Gasteiger partial charge < -0.3 is 14.8 Å². The lowest BCUT2D eigenvalue weighted by Gasteiger charge is -2.12. The van der Waals surface area contributed by atoms with Crippen LogP contribution in [0.15, 0.2) is 36.5 Å². The van der Waals surface area contributed by atoms with E-state index in [-0.39, 0.29) is 29.0 Å². The number of carbonyl (C=O) groups is 1. The zero-order chi connectivity index (χ0) is 16.0. The van der Waals surface area contributed by atoms with Crippen molar-refractivity contribution in [1.29, 1.82) is 0 Å². The van der Waals surface area contributed by atoms with Crippen molar-refractivity contribution in [3.8, 4) is 11.5 Å². The number of hydrogen-bond donors (Lipinski definition) is 1. The molecule has 1 unspecified atom stereocenters. The number of carbonyl (C=O) groups excluding carboxylic acids is 1. The Labute approximate surface area is 130 Å². The molecule has 1 atom stereocenters. The lowest BCUT2D eigenvalue weighted by atomic mass is 10.1. The van der Waals surface area contributed by atoms with Gasteiger partial charge in [0, 0.05) is 29.9 Å². The highest BCUT2D eigenvalue weighted by molar-refractivity contribution is 5.95. The number of fused-ring (bicyclic) bond motifs is 2. The predicted octanol–water partition coefficient (Wildman–Crippen LogP) is 2.30. The van der Waals surface area contributed by atoms with E-state index in [1.165, 1.54) is 18.2 Å². The van der Waals surface area contributed by atoms with E-state index in [2.05, 4.69) is 19.8 Å². The van der Waals surface area contributed by atoms with E-state index in [1.807, 2.05) is 12.1 Å². The molecular formula is C16H12F2N2O3. The molecule has 1 aromatic carbocycles. The third-order valence-electron chi connectivity index (χ3n) is 3.89. The molecule has 0 radical (unpaired) electrons. The molecule has 1 amide bonds. The number of halogens is 2. The Bertz CT molecular complexity index is 770. The minimum Gasteiger partial charge on any atom is -0.395 e. The summed E-state index contributed by atoms with van der Waals surface area (Å²) in [6.07, 6.45) is -0.598. The van der Waals surface area contributed by atoms with Crippen LogP contribution < -0.4 is 14.8 Å². The Hall–Kier alpha value is -2.70. The van der Waals surface area contributed by atoms with E-state index < -0.39 is 6.29 Å². The van der Waals surface area contributed by atoms with E-state index in [4.69, 9.17) is 0 Å². The van der Waals surface area contributed by atoms with Gasteiger partial charge in [-0.1, -0.05) is 6.07 Å². The summed E-state index contributed by atoms with van der Waals surface area (Å²) in [4.78, 5) is 16.6. The maximum absolute atomic E-state index is 13.0. The van der Waals surface area contributed by atoms with Crippen LogP contribution in [-0.4, -0.2) is 23.2 Å². The van der Waals surface area contributed by atoms with E-state index >= 15 is 0 Å². The second-order valence-electron chi connectivity index (χ2n) is 5.52. The fraction of sp³-hybridized carbons (Fsp3) is 0.250. The van der Waals surface area contributed by atoms with Crippen molar-refractivity contribution < 1.29 is 23.0 Å². The summed E-state index contributed by atoms with van der Waals surface area (Å²) in [5, 5.41) is 2.89. The average Bonchev–Trinajstić information content (AvgIpc) is 3.03. The van der Waals surface area contributed by atoms with Crippen LogP contribution in [0.1, 0.15) is 21.6 Å². The van der Waals surface area contributed by atoms with E-state index in [0.29, 0.717) is 12.8 Å². The second kappa shape index (κ2) is 4.91. The summed E-state index contributed by atoms with van der Waals surface area (Å²) in [5.41, 5.74) is 2.33. The summed E-state index contributed by atoms with van der Waals surface area (Å²) in [7, 11) is 0. The van der Waals surface area contributed by atoms with Crippen molar-refractivity contribution in [3.63, 3.8) is 0 Å². The number of nitrogens with zero attached hydrogens (tertiary/aromatic N) is 1. The lowest BCUT2D eigenvalue weighted by molar-refractivity contribution is -0.286. The highest BCUT2D eigenvalue weighted by atomic mass is 19.3. The maximum Gasteiger partial charge on any atom is 0.586 e. The third kappa shape index (κ3) is 2.58. The van der Waals surface area contributed by atoms with Gasteiger partial charge in [0.05, 0.1) is 0 Å². The number of hydrogen-bond acceptors (Lipinski definition) is 4. The monoisotopic (exact) mass is 318 g/mol. The van der Waals surface area contributed by atoms with Crippen LogP contribution in [0.4, 0.5) is 8.78 Å². The zero-order valence-electron chi connectivity index (χ0n) is 11.9. The van der Waals surface area contributed by atoms with E-state index in [1.54, 1.807) is 6.20 Å². The highest BCUT2D eigenvalue weighted by Gasteiger charge is 2.43. The molecule has 1 aliphatic carbocycles. The second-order valence-corrected chi connectivity index (χ2v) is 5.52. The first kappa shape index (κ1) is 13.9. The quantitative estimate of drug-likeness (QED) is 0.923. The number of nitrogens with one attached hydrogen (secondary N) is 1. The molecule has 0 bridgehead atoms. The molecule has 1 aliphatic heterocycles.